The van der Waals surface area contributed by atoms with E-state index in [0.29, 0.717) is 12.1 Å². The Kier molecular flexibility index (Phi) is 3.42. The number of rotatable bonds is 3. The third kappa shape index (κ3) is 2.67. The van der Waals surface area contributed by atoms with Gasteiger partial charge in [-0.2, -0.15) is 0 Å². The highest BCUT2D eigenvalue weighted by Gasteiger charge is 2.40. The van der Waals surface area contributed by atoms with Crippen molar-refractivity contribution in [2.45, 2.75) is 69.1 Å². The molecule has 3 rings (SSSR count). The van der Waals surface area contributed by atoms with E-state index in [1.54, 1.807) is 0 Å². The van der Waals surface area contributed by atoms with Gasteiger partial charge in [-0.25, -0.2) is 0 Å². The zero-order chi connectivity index (χ0) is 11.7. The van der Waals surface area contributed by atoms with Gasteiger partial charge in [0, 0.05) is 19.2 Å². The number of fused-ring (bicyclic) bond motifs is 1. The highest BCUT2D eigenvalue weighted by atomic mass is 16.5. The molecule has 3 unspecified atom stereocenters. The molecule has 0 aromatic carbocycles. The lowest BCUT2D eigenvalue weighted by molar-refractivity contribution is -0.0509. The van der Waals surface area contributed by atoms with Gasteiger partial charge in [0.05, 0.1) is 11.7 Å². The van der Waals surface area contributed by atoms with Crippen LogP contribution in [0.5, 0.6) is 0 Å². The highest BCUT2D eigenvalue weighted by molar-refractivity contribution is 4.95. The van der Waals surface area contributed by atoms with Gasteiger partial charge in [0.25, 0.3) is 0 Å². The van der Waals surface area contributed by atoms with E-state index in [9.17, 15) is 5.11 Å². The first-order valence-corrected chi connectivity index (χ1v) is 7.33. The molecule has 0 radical (unpaired) electrons. The molecular formula is C14H25NO2. The average molecular weight is 239 g/mol. The lowest BCUT2D eigenvalue weighted by Crippen LogP contribution is -2.47. The van der Waals surface area contributed by atoms with E-state index in [4.69, 9.17) is 4.74 Å². The molecule has 0 bridgehead atoms. The maximum atomic E-state index is 10.7. The van der Waals surface area contributed by atoms with Gasteiger partial charge < -0.3 is 14.7 Å². The average Bonchev–Trinajstić information content (AvgIpc) is 2.96. The smallest absolute Gasteiger partial charge is 0.0675 e. The number of hydrogen-bond acceptors (Lipinski definition) is 3. The molecule has 1 N–H and O–H groups in total. The quantitative estimate of drug-likeness (QED) is 0.817. The number of ether oxygens (including phenoxy) is 1. The molecule has 3 fully saturated rings. The number of nitrogens with zero attached hydrogens (tertiary/aromatic N) is 1. The second-order valence-electron chi connectivity index (χ2n) is 6.18. The van der Waals surface area contributed by atoms with Crippen molar-refractivity contribution in [3.05, 3.63) is 0 Å². The van der Waals surface area contributed by atoms with Crippen LogP contribution in [0.2, 0.25) is 0 Å². The summed E-state index contributed by atoms with van der Waals surface area (Å²) in [6.07, 6.45) is 9.43. The SMILES string of the molecule is OC1(CCC2CCCO2)CCN2CCCC2C1. The van der Waals surface area contributed by atoms with E-state index in [2.05, 4.69) is 4.90 Å². The molecule has 0 spiro atoms. The van der Waals surface area contributed by atoms with Gasteiger partial charge in [-0.3, -0.25) is 0 Å². The van der Waals surface area contributed by atoms with E-state index >= 15 is 0 Å². The summed E-state index contributed by atoms with van der Waals surface area (Å²) < 4.78 is 5.65. The van der Waals surface area contributed by atoms with Crippen molar-refractivity contribution < 1.29 is 9.84 Å². The maximum absolute atomic E-state index is 10.7. The van der Waals surface area contributed by atoms with Gasteiger partial charge in [-0.05, 0) is 57.9 Å². The van der Waals surface area contributed by atoms with Crippen LogP contribution in [0, 0.1) is 0 Å². The first kappa shape index (κ1) is 11.9. The molecule has 0 saturated carbocycles. The van der Waals surface area contributed by atoms with Crippen molar-refractivity contribution in [3.63, 3.8) is 0 Å². The molecule has 3 heteroatoms. The normalized spacial score (nSPS) is 42.9. The fourth-order valence-corrected chi connectivity index (χ4v) is 3.84. The van der Waals surface area contributed by atoms with Crippen LogP contribution in [-0.2, 0) is 4.74 Å². The minimum Gasteiger partial charge on any atom is -0.390 e. The van der Waals surface area contributed by atoms with Gasteiger partial charge in [0.15, 0.2) is 0 Å². The minimum absolute atomic E-state index is 0.391. The molecule has 3 nitrogen and oxygen atoms in total. The lowest BCUT2D eigenvalue weighted by atomic mass is 9.82. The topological polar surface area (TPSA) is 32.7 Å². The van der Waals surface area contributed by atoms with Crippen LogP contribution in [0.1, 0.15) is 51.4 Å². The number of hydrogen-bond donors (Lipinski definition) is 1. The van der Waals surface area contributed by atoms with Crippen LogP contribution in [-0.4, -0.2) is 47.4 Å². The Labute approximate surface area is 104 Å². The van der Waals surface area contributed by atoms with Crippen molar-refractivity contribution >= 4 is 0 Å². The summed E-state index contributed by atoms with van der Waals surface area (Å²) >= 11 is 0. The third-order valence-electron chi connectivity index (χ3n) is 4.93. The molecule has 98 valence electrons. The van der Waals surface area contributed by atoms with E-state index in [-0.39, 0.29) is 0 Å². The van der Waals surface area contributed by atoms with Crippen molar-refractivity contribution in [3.8, 4) is 0 Å². The lowest BCUT2D eigenvalue weighted by Gasteiger charge is -2.41. The van der Waals surface area contributed by atoms with E-state index in [1.807, 2.05) is 0 Å². The van der Waals surface area contributed by atoms with E-state index in [1.165, 1.54) is 32.2 Å². The highest BCUT2D eigenvalue weighted by Crippen LogP contribution is 2.36. The molecule has 3 atom stereocenters. The minimum atomic E-state index is -0.391. The van der Waals surface area contributed by atoms with Crippen LogP contribution in [0.25, 0.3) is 0 Å². The standard InChI is InChI=1S/C14H25NO2/c16-14(6-5-13-4-2-10-17-13)7-9-15-8-1-3-12(15)11-14/h12-13,16H,1-11H2. The molecule has 3 aliphatic rings. The van der Waals surface area contributed by atoms with Crippen molar-refractivity contribution in [1.29, 1.82) is 0 Å². The van der Waals surface area contributed by atoms with Gasteiger partial charge in [0.2, 0.25) is 0 Å². The fourth-order valence-electron chi connectivity index (χ4n) is 3.84. The van der Waals surface area contributed by atoms with Gasteiger partial charge in [-0.15, -0.1) is 0 Å². The van der Waals surface area contributed by atoms with Crippen molar-refractivity contribution in [2.24, 2.45) is 0 Å². The van der Waals surface area contributed by atoms with E-state index < -0.39 is 5.60 Å². The van der Waals surface area contributed by atoms with Crippen LogP contribution in [0.3, 0.4) is 0 Å². The Balaban J connectivity index is 1.50. The van der Waals surface area contributed by atoms with Crippen molar-refractivity contribution in [1.82, 2.24) is 4.90 Å². The largest absolute Gasteiger partial charge is 0.390 e. The Morgan fingerprint density at radius 2 is 2.18 bits per heavy atom. The summed E-state index contributed by atoms with van der Waals surface area (Å²) in [7, 11) is 0. The Morgan fingerprint density at radius 3 is 3.00 bits per heavy atom. The van der Waals surface area contributed by atoms with Gasteiger partial charge in [-0.1, -0.05) is 0 Å². The molecule has 0 aromatic rings. The summed E-state index contributed by atoms with van der Waals surface area (Å²) in [5, 5.41) is 10.7. The van der Waals surface area contributed by atoms with Crippen LogP contribution in [0.15, 0.2) is 0 Å². The van der Waals surface area contributed by atoms with Gasteiger partial charge in [0.1, 0.15) is 0 Å². The summed E-state index contributed by atoms with van der Waals surface area (Å²) in [6, 6.07) is 0.665. The molecule has 0 aromatic heterocycles. The van der Waals surface area contributed by atoms with Crippen LogP contribution >= 0.6 is 0 Å². The second-order valence-corrected chi connectivity index (χ2v) is 6.18. The van der Waals surface area contributed by atoms with Gasteiger partial charge >= 0.3 is 0 Å². The Morgan fingerprint density at radius 1 is 1.24 bits per heavy atom. The summed E-state index contributed by atoms with van der Waals surface area (Å²) in [5.74, 6) is 0. The predicted octanol–water partition coefficient (Wildman–Crippen LogP) is 1.93. The van der Waals surface area contributed by atoms with E-state index in [0.717, 1.165) is 38.8 Å². The molecule has 0 aliphatic carbocycles. The molecule has 3 heterocycles. The molecule has 3 aliphatic heterocycles. The first-order chi connectivity index (χ1) is 8.25. The summed E-state index contributed by atoms with van der Waals surface area (Å²) in [4.78, 5) is 2.57. The van der Waals surface area contributed by atoms with Crippen LogP contribution < -0.4 is 0 Å². The first-order valence-electron chi connectivity index (χ1n) is 7.33. The molecule has 17 heavy (non-hydrogen) atoms. The number of piperidine rings is 1. The Hall–Kier alpha value is -0.120. The van der Waals surface area contributed by atoms with Crippen LogP contribution in [0.4, 0.5) is 0 Å². The summed E-state index contributed by atoms with van der Waals surface area (Å²) in [5.41, 5.74) is -0.391. The van der Waals surface area contributed by atoms with Crippen molar-refractivity contribution in [2.75, 3.05) is 19.7 Å². The zero-order valence-corrected chi connectivity index (χ0v) is 10.7. The number of aliphatic hydroxyl groups is 1. The molecule has 0 amide bonds. The zero-order valence-electron chi connectivity index (χ0n) is 10.7. The fraction of sp³-hybridized carbons (Fsp3) is 1.00. The maximum Gasteiger partial charge on any atom is 0.0675 e. The monoisotopic (exact) mass is 239 g/mol. The third-order valence-corrected chi connectivity index (χ3v) is 4.93. The summed E-state index contributed by atoms with van der Waals surface area (Å²) in [6.45, 7) is 3.29. The molecular weight excluding hydrogens is 214 g/mol. The Bertz CT molecular complexity index is 265. The second kappa shape index (κ2) is 4.87. The predicted molar refractivity (Wildman–Crippen MR) is 67.0 cm³/mol. The molecule has 3 saturated heterocycles.